The summed E-state index contributed by atoms with van der Waals surface area (Å²) in [4.78, 5) is 65.9. The second kappa shape index (κ2) is 12.4. The Morgan fingerprint density at radius 3 is 2.63 bits per heavy atom. The van der Waals surface area contributed by atoms with Crippen molar-refractivity contribution in [2.75, 3.05) is 18.1 Å². The minimum Gasteiger partial charge on any atom is -0.351 e. The molecule has 0 spiro atoms. The molecule has 3 amide bonds. The minimum absolute atomic E-state index is 0.0285. The molecule has 0 bridgehead atoms. The van der Waals surface area contributed by atoms with Gasteiger partial charge in [-0.05, 0) is 12.1 Å². The number of imide groups is 1. The Hall–Kier alpha value is -3.31. The molecule has 188 valence electrons. The maximum absolute atomic E-state index is 12.3. The Kier molecular flexibility index (Phi) is 9.90. The van der Waals surface area contributed by atoms with E-state index in [0.29, 0.717) is 5.75 Å². The van der Waals surface area contributed by atoms with Crippen LogP contribution in [0.25, 0.3) is 0 Å². The van der Waals surface area contributed by atoms with E-state index in [2.05, 4.69) is 26.8 Å². The summed E-state index contributed by atoms with van der Waals surface area (Å²) in [6.45, 7) is 3.33. The molecule has 1 atom stereocenters. The lowest BCUT2D eigenvalue weighted by atomic mass is 10.1. The van der Waals surface area contributed by atoms with Crippen molar-refractivity contribution in [1.29, 1.82) is 0 Å². The van der Waals surface area contributed by atoms with Crippen molar-refractivity contribution < 1.29 is 46.7 Å². The topological polar surface area (TPSA) is 217 Å². The van der Waals surface area contributed by atoms with Crippen molar-refractivity contribution in [2.45, 2.75) is 18.1 Å². The van der Waals surface area contributed by atoms with Crippen LogP contribution >= 0.6 is 21.6 Å². The number of hydroxylamine groups is 2. The SMILES string of the molecule is C=[N+]=Nc1ccc([N+](=O)[O-])c(C(=O)NCCSSCCC(=O)ON2C(=O)CC(S(=O)(=O)O)C2=O)c1. The molecule has 1 aliphatic rings. The highest BCUT2D eigenvalue weighted by molar-refractivity contribution is 8.76. The van der Waals surface area contributed by atoms with Crippen LogP contribution in [-0.2, 0) is 29.3 Å². The summed E-state index contributed by atoms with van der Waals surface area (Å²) in [5.74, 6) is -3.49. The fraction of sp³-hybridized carbons (Fsp3) is 0.353. The molecule has 1 aromatic rings. The van der Waals surface area contributed by atoms with E-state index >= 15 is 0 Å². The third-order valence-corrected chi connectivity index (χ3v) is 7.66. The Morgan fingerprint density at radius 1 is 1.34 bits per heavy atom. The van der Waals surface area contributed by atoms with E-state index < -0.39 is 56.1 Å². The smallest absolute Gasteiger partial charge is 0.334 e. The monoisotopic (exact) mass is 548 g/mol. The normalized spacial score (nSPS) is 15.5. The van der Waals surface area contributed by atoms with Crippen molar-refractivity contribution in [2.24, 2.45) is 5.11 Å². The van der Waals surface area contributed by atoms with Crippen molar-refractivity contribution in [1.82, 2.24) is 10.4 Å². The van der Waals surface area contributed by atoms with Crippen LogP contribution in [0.1, 0.15) is 23.2 Å². The third kappa shape index (κ3) is 7.86. The van der Waals surface area contributed by atoms with Crippen LogP contribution < -0.4 is 5.32 Å². The van der Waals surface area contributed by atoms with E-state index in [-0.39, 0.29) is 35.0 Å². The predicted molar refractivity (Wildman–Crippen MR) is 122 cm³/mol. The van der Waals surface area contributed by atoms with Crippen LogP contribution in [0.3, 0.4) is 0 Å². The van der Waals surface area contributed by atoms with Gasteiger partial charge >= 0.3 is 5.97 Å². The molecular weight excluding hydrogens is 530 g/mol. The van der Waals surface area contributed by atoms with Gasteiger partial charge in [0.15, 0.2) is 5.25 Å². The van der Waals surface area contributed by atoms with Crippen molar-refractivity contribution in [3.63, 3.8) is 0 Å². The largest absolute Gasteiger partial charge is 0.351 e. The first-order chi connectivity index (χ1) is 16.5. The van der Waals surface area contributed by atoms with Crippen LogP contribution in [0, 0.1) is 10.1 Å². The number of benzene rings is 1. The summed E-state index contributed by atoms with van der Waals surface area (Å²) in [5, 5.41) is 15.3. The lowest BCUT2D eigenvalue weighted by Crippen LogP contribution is -2.36. The maximum atomic E-state index is 12.3. The quantitative estimate of drug-likeness (QED) is 0.0421. The van der Waals surface area contributed by atoms with Crippen molar-refractivity contribution in [3.8, 4) is 0 Å². The molecule has 1 aromatic carbocycles. The van der Waals surface area contributed by atoms with Gasteiger partial charge in [0.05, 0.1) is 17.8 Å². The number of hydrogen-bond donors (Lipinski definition) is 2. The number of nitro groups is 1. The number of carbonyl (C=O) groups excluding carboxylic acids is 4. The average molecular weight is 549 g/mol. The van der Waals surface area contributed by atoms with Gasteiger partial charge in [-0.25, -0.2) is 4.79 Å². The highest BCUT2D eigenvalue weighted by Crippen LogP contribution is 2.25. The summed E-state index contributed by atoms with van der Waals surface area (Å²) in [6.07, 6.45) is -1.05. The van der Waals surface area contributed by atoms with Gasteiger partial charge in [0.1, 0.15) is 16.4 Å². The second-order valence-electron chi connectivity index (χ2n) is 6.55. The molecule has 15 nitrogen and oxygen atoms in total. The zero-order valence-electron chi connectivity index (χ0n) is 17.7. The second-order valence-corrected chi connectivity index (χ2v) is 10.8. The van der Waals surface area contributed by atoms with E-state index in [9.17, 15) is 37.7 Å². The molecule has 1 unspecified atom stereocenters. The van der Waals surface area contributed by atoms with Gasteiger partial charge in [-0.3, -0.25) is 29.1 Å². The molecule has 35 heavy (non-hydrogen) atoms. The number of carbonyl (C=O) groups is 4. The first-order valence-corrected chi connectivity index (χ1v) is 13.5. The molecule has 0 radical (unpaired) electrons. The number of amides is 3. The molecule has 0 saturated carbocycles. The molecule has 1 fully saturated rings. The zero-order chi connectivity index (χ0) is 26.2. The molecule has 0 aliphatic carbocycles. The minimum atomic E-state index is -4.80. The van der Waals surface area contributed by atoms with Gasteiger partial charge in [-0.15, -0.1) is 5.06 Å². The van der Waals surface area contributed by atoms with E-state index in [1.54, 1.807) is 0 Å². The van der Waals surface area contributed by atoms with E-state index in [0.717, 1.165) is 6.07 Å². The van der Waals surface area contributed by atoms with Crippen molar-refractivity contribution in [3.05, 3.63) is 33.9 Å². The molecular formula is C17H18N5O10S3+. The summed E-state index contributed by atoms with van der Waals surface area (Å²) in [7, 11) is -2.34. The lowest BCUT2D eigenvalue weighted by molar-refractivity contribution is -0.385. The summed E-state index contributed by atoms with van der Waals surface area (Å²) >= 11 is 0. The summed E-state index contributed by atoms with van der Waals surface area (Å²) in [6, 6.07) is 3.67. The van der Waals surface area contributed by atoms with Crippen LogP contribution in [0.4, 0.5) is 11.4 Å². The first-order valence-electron chi connectivity index (χ1n) is 9.47. The lowest BCUT2D eigenvalue weighted by Gasteiger charge is -2.13. The molecule has 18 heteroatoms. The van der Waals surface area contributed by atoms with E-state index in [4.69, 9.17) is 4.55 Å². The van der Waals surface area contributed by atoms with Gasteiger partial charge in [0.25, 0.3) is 40.2 Å². The molecule has 1 aliphatic heterocycles. The molecule has 1 saturated heterocycles. The van der Waals surface area contributed by atoms with Gasteiger partial charge in [-0.1, -0.05) is 21.6 Å². The number of hydrogen-bond acceptors (Lipinski definition) is 12. The summed E-state index contributed by atoms with van der Waals surface area (Å²) in [5.41, 5.74) is -0.370. The highest BCUT2D eigenvalue weighted by Gasteiger charge is 2.48. The predicted octanol–water partition coefficient (Wildman–Crippen LogP) is 0.562. The Labute approximate surface area is 205 Å². The Morgan fingerprint density at radius 2 is 2.03 bits per heavy atom. The summed E-state index contributed by atoms with van der Waals surface area (Å²) < 4.78 is 31.1. The molecule has 1 heterocycles. The van der Waals surface area contributed by atoms with Crippen molar-refractivity contribution >= 4 is 73.5 Å². The average Bonchev–Trinajstić information content (AvgIpc) is 3.07. The standard InChI is InChI=1S/C17H17N5O10S3/c1-18-20-10-2-3-12(22(27)28)11(8-10)16(25)19-5-7-34-33-6-4-15(24)32-21-14(23)9-13(17(21)26)35(29,30)31/h2-3,8,13H,1,4-7,9H2,(H-,19,25,29,30,31)/p+1. The number of nitrogens with one attached hydrogen (secondary N) is 1. The van der Waals surface area contributed by atoms with E-state index in [1.165, 1.54) is 33.7 Å². The maximum Gasteiger partial charge on any atom is 0.334 e. The fourth-order valence-corrected chi connectivity index (χ4v) is 5.19. The number of rotatable bonds is 12. The van der Waals surface area contributed by atoms with E-state index in [1.807, 2.05) is 0 Å². The Balaban J connectivity index is 1.72. The van der Waals surface area contributed by atoms with Crippen LogP contribution in [0.15, 0.2) is 23.3 Å². The molecule has 0 aromatic heterocycles. The number of nitrogens with zero attached hydrogens (tertiary/aromatic N) is 4. The van der Waals surface area contributed by atoms with Crippen LogP contribution in [0.5, 0.6) is 0 Å². The zero-order valence-corrected chi connectivity index (χ0v) is 20.1. The fourth-order valence-electron chi connectivity index (χ4n) is 2.61. The van der Waals surface area contributed by atoms with Gasteiger partial charge in [0, 0.05) is 28.9 Å². The number of nitro benzene ring substituents is 1. The highest BCUT2D eigenvalue weighted by atomic mass is 33.1. The third-order valence-electron chi connectivity index (χ3n) is 4.17. The Bertz CT molecular complexity index is 1200. The van der Waals surface area contributed by atoms with Gasteiger partial charge in [0.2, 0.25) is 0 Å². The molecule has 2 N–H and O–H groups in total. The van der Waals surface area contributed by atoms with Gasteiger partial charge < -0.3 is 10.2 Å². The first kappa shape index (κ1) is 27.9. The van der Waals surface area contributed by atoms with Gasteiger partial charge in [-0.2, -0.15) is 8.42 Å². The van der Waals surface area contributed by atoms with Crippen LogP contribution in [-0.4, -0.2) is 81.5 Å². The molecule has 2 rings (SSSR count). The van der Waals surface area contributed by atoms with Crippen LogP contribution in [0.2, 0.25) is 0 Å².